The maximum absolute atomic E-state index is 13.0. The first-order valence-electron chi connectivity index (χ1n) is 7.04. The van der Waals surface area contributed by atoms with Crippen molar-refractivity contribution < 1.29 is 8.42 Å². The van der Waals surface area contributed by atoms with Gasteiger partial charge in [-0.05, 0) is 20.8 Å². The fourth-order valence-electron chi connectivity index (χ4n) is 2.71. The van der Waals surface area contributed by atoms with E-state index in [2.05, 4.69) is 12.0 Å². The number of thioether (sulfide) groups is 1. The van der Waals surface area contributed by atoms with E-state index in [1.807, 2.05) is 18.7 Å². The van der Waals surface area contributed by atoms with Crippen molar-refractivity contribution in [1.82, 2.24) is 14.1 Å². The standard InChI is InChI=1S/C13H22ClN3O2S2/c1-9-13(11(3)16(15-9)6-5-14)21(18,19)17-7-8-20-12(4)10(17)2/h10,12H,5-8H2,1-4H3. The summed E-state index contributed by atoms with van der Waals surface area (Å²) in [5.41, 5.74) is 1.22. The molecule has 0 saturated carbocycles. The van der Waals surface area contributed by atoms with Gasteiger partial charge < -0.3 is 0 Å². The number of hydrogen-bond donors (Lipinski definition) is 0. The van der Waals surface area contributed by atoms with Gasteiger partial charge in [0, 0.05) is 29.5 Å². The molecule has 21 heavy (non-hydrogen) atoms. The van der Waals surface area contributed by atoms with Crippen molar-refractivity contribution in [3.05, 3.63) is 11.4 Å². The lowest BCUT2D eigenvalue weighted by Crippen LogP contribution is -2.48. The third kappa shape index (κ3) is 3.11. The van der Waals surface area contributed by atoms with Gasteiger partial charge in [-0.1, -0.05) is 6.92 Å². The predicted molar refractivity (Wildman–Crippen MR) is 87.7 cm³/mol. The third-order valence-corrected chi connectivity index (χ3v) is 7.75. The summed E-state index contributed by atoms with van der Waals surface area (Å²) in [6.07, 6.45) is 0. The van der Waals surface area contributed by atoms with Gasteiger partial charge in [0.1, 0.15) is 4.90 Å². The second kappa shape index (κ2) is 6.48. The van der Waals surface area contributed by atoms with Crippen LogP contribution in [-0.2, 0) is 16.6 Å². The van der Waals surface area contributed by atoms with Crippen molar-refractivity contribution in [3.8, 4) is 0 Å². The fraction of sp³-hybridized carbons (Fsp3) is 0.769. The molecule has 2 rings (SSSR count). The van der Waals surface area contributed by atoms with Crippen LogP contribution in [0.4, 0.5) is 0 Å². The molecule has 1 saturated heterocycles. The third-order valence-electron chi connectivity index (χ3n) is 4.00. The molecule has 8 heteroatoms. The molecule has 2 heterocycles. The van der Waals surface area contributed by atoms with E-state index in [0.29, 0.717) is 40.5 Å². The molecule has 1 aromatic rings. The molecule has 2 atom stereocenters. The van der Waals surface area contributed by atoms with Crippen molar-refractivity contribution >= 4 is 33.4 Å². The van der Waals surface area contributed by atoms with Crippen molar-refractivity contribution in [2.45, 2.75) is 50.4 Å². The number of rotatable bonds is 4. The zero-order valence-corrected chi connectivity index (χ0v) is 15.2. The zero-order chi connectivity index (χ0) is 15.8. The summed E-state index contributed by atoms with van der Waals surface area (Å²) in [5.74, 6) is 1.24. The number of hydrogen-bond acceptors (Lipinski definition) is 4. The maximum Gasteiger partial charge on any atom is 0.247 e. The summed E-state index contributed by atoms with van der Waals surface area (Å²) in [6.45, 7) is 8.67. The molecular weight excluding hydrogens is 330 g/mol. The van der Waals surface area contributed by atoms with Crippen molar-refractivity contribution in [2.75, 3.05) is 18.2 Å². The minimum Gasteiger partial charge on any atom is -0.267 e. The minimum absolute atomic E-state index is 0.0103. The molecule has 5 nitrogen and oxygen atoms in total. The lowest BCUT2D eigenvalue weighted by molar-refractivity contribution is 0.340. The molecule has 1 aliphatic heterocycles. The number of aromatic nitrogens is 2. The summed E-state index contributed by atoms with van der Waals surface area (Å²) >= 11 is 7.57. The lowest BCUT2D eigenvalue weighted by atomic mass is 10.2. The van der Waals surface area contributed by atoms with E-state index in [4.69, 9.17) is 11.6 Å². The van der Waals surface area contributed by atoms with E-state index >= 15 is 0 Å². The van der Waals surface area contributed by atoms with Crippen molar-refractivity contribution in [3.63, 3.8) is 0 Å². The Kier molecular flexibility index (Phi) is 5.28. The van der Waals surface area contributed by atoms with E-state index < -0.39 is 10.0 Å². The first kappa shape index (κ1) is 17.1. The molecule has 0 N–H and O–H groups in total. The Balaban J connectivity index is 2.44. The van der Waals surface area contributed by atoms with Crippen molar-refractivity contribution in [1.29, 1.82) is 0 Å². The SMILES string of the molecule is Cc1nn(CCCl)c(C)c1S(=O)(=O)N1CCSC(C)C1C. The molecule has 1 aliphatic rings. The summed E-state index contributed by atoms with van der Waals surface area (Å²) in [4.78, 5) is 0.346. The largest absolute Gasteiger partial charge is 0.267 e. The van der Waals surface area contributed by atoms with Crippen LogP contribution in [-0.4, -0.2) is 52.0 Å². The summed E-state index contributed by atoms with van der Waals surface area (Å²) in [5, 5.41) is 4.62. The van der Waals surface area contributed by atoms with Gasteiger partial charge in [0.2, 0.25) is 10.0 Å². The Labute approximate surface area is 136 Å². The molecule has 120 valence electrons. The van der Waals surface area contributed by atoms with Gasteiger partial charge in [0.15, 0.2) is 0 Å². The van der Waals surface area contributed by atoms with Crippen LogP contribution in [0.2, 0.25) is 0 Å². The molecule has 0 spiro atoms. The van der Waals surface area contributed by atoms with E-state index in [1.165, 1.54) is 0 Å². The van der Waals surface area contributed by atoms with Crippen LogP contribution in [0.5, 0.6) is 0 Å². The fourth-order valence-corrected chi connectivity index (χ4v) is 6.24. The molecule has 0 aliphatic carbocycles. The van der Waals surface area contributed by atoms with E-state index in [0.717, 1.165) is 5.75 Å². The van der Waals surface area contributed by atoms with E-state index in [-0.39, 0.29) is 6.04 Å². The summed E-state index contributed by atoms with van der Waals surface area (Å²) < 4.78 is 29.4. The number of aryl methyl sites for hydroxylation is 2. The van der Waals surface area contributed by atoms with Gasteiger partial charge in [-0.2, -0.15) is 21.2 Å². The van der Waals surface area contributed by atoms with Gasteiger partial charge in [0.05, 0.1) is 17.9 Å². The molecule has 2 unspecified atom stereocenters. The average Bonchev–Trinajstić information content (AvgIpc) is 2.68. The highest BCUT2D eigenvalue weighted by Gasteiger charge is 2.37. The molecule has 1 fully saturated rings. The molecule has 0 radical (unpaired) electrons. The lowest BCUT2D eigenvalue weighted by Gasteiger charge is -2.36. The second-order valence-corrected chi connectivity index (χ2v) is 9.03. The number of halogens is 1. The highest BCUT2D eigenvalue weighted by Crippen LogP contribution is 2.31. The number of nitrogens with zero attached hydrogens (tertiary/aromatic N) is 3. The van der Waals surface area contributed by atoms with Crippen LogP contribution in [0.25, 0.3) is 0 Å². The first-order chi connectivity index (χ1) is 9.80. The Hall–Kier alpha value is -0.240. The molecule has 0 bridgehead atoms. The van der Waals surface area contributed by atoms with E-state index in [9.17, 15) is 8.42 Å². The van der Waals surface area contributed by atoms with Gasteiger partial charge in [-0.3, -0.25) is 4.68 Å². The van der Waals surface area contributed by atoms with Gasteiger partial charge in [-0.25, -0.2) is 8.42 Å². The van der Waals surface area contributed by atoms with Gasteiger partial charge in [-0.15, -0.1) is 11.6 Å². The Bertz CT molecular complexity index is 615. The monoisotopic (exact) mass is 351 g/mol. The smallest absolute Gasteiger partial charge is 0.247 e. The molecule has 0 aromatic carbocycles. The maximum atomic E-state index is 13.0. The highest BCUT2D eigenvalue weighted by molar-refractivity contribution is 8.00. The van der Waals surface area contributed by atoms with Crippen LogP contribution in [0, 0.1) is 13.8 Å². The molecule has 1 aromatic heterocycles. The van der Waals surface area contributed by atoms with Gasteiger partial charge in [0.25, 0.3) is 0 Å². The van der Waals surface area contributed by atoms with Crippen molar-refractivity contribution in [2.24, 2.45) is 0 Å². The molecule has 0 amide bonds. The predicted octanol–water partition coefficient (Wildman–Crippen LogP) is 2.25. The van der Waals surface area contributed by atoms with Crippen LogP contribution >= 0.6 is 23.4 Å². The number of sulfonamides is 1. The Morgan fingerprint density at radius 1 is 1.38 bits per heavy atom. The van der Waals surface area contributed by atoms with Crippen LogP contribution < -0.4 is 0 Å². The summed E-state index contributed by atoms with van der Waals surface area (Å²) in [7, 11) is -3.51. The quantitative estimate of drug-likeness (QED) is 0.781. The van der Waals surface area contributed by atoms with Crippen LogP contribution in [0.15, 0.2) is 4.90 Å². The zero-order valence-electron chi connectivity index (χ0n) is 12.8. The second-order valence-electron chi connectivity index (χ2n) is 5.34. The Morgan fingerprint density at radius 3 is 2.67 bits per heavy atom. The topological polar surface area (TPSA) is 55.2 Å². The highest BCUT2D eigenvalue weighted by atomic mass is 35.5. The van der Waals surface area contributed by atoms with Crippen LogP contribution in [0.3, 0.4) is 0 Å². The minimum atomic E-state index is -3.51. The van der Waals surface area contributed by atoms with Crippen LogP contribution in [0.1, 0.15) is 25.2 Å². The first-order valence-corrected chi connectivity index (χ1v) is 10.1. The summed E-state index contributed by atoms with van der Waals surface area (Å²) in [6, 6.07) is -0.0103. The average molecular weight is 352 g/mol. The molecular formula is C13H22ClN3O2S2. The Morgan fingerprint density at radius 2 is 2.05 bits per heavy atom. The number of alkyl halides is 1. The van der Waals surface area contributed by atoms with Gasteiger partial charge >= 0.3 is 0 Å². The normalized spacial score (nSPS) is 24.4. The van der Waals surface area contributed by atoms with E-state index in [1.54, 1.807) is 22.8 Å².